The molecule has 0 saturated heterocycles. The fraction of sp³-hybridized carbons (Fsp3) is 0.464. The Hall–Kier alpha value is -3.39. The Balaban J connectivity index is 0.000000201. The number of carbonyl (C=O) groups is 3. The lowest BCUT2D eigenvalue weighted by atomic mass is 10.1. The number of ether oxygens (including phenoxy) is 2. The molecule has 0 radical (unpaired) electrons. The predicted molar refractivity (Wildman–Crippen MR) is 139 cm³/mol. The molecule has 0 unspecified atom stereocenters. The van der Waals surface area contributed by atoms with Gasteiger partial charge in [-0.1, -0.05) is 12.1 Å². The van der Waals surface area contributed by atoms with Gasteiger partial charge in [0.15, 0.2) is 0 Å². The average molecular weight is 497 g/mol. The molecule has 194 valence electrons. The Labute approximate surface area is 212 Å². The summed E-state index contributed by atoms with van der Waals surface area (Å²) in [4.78, 5) is 38.0. The van der Waals surface area contributed by atoms with Crippen LogP contribution in [0.5, 0.6) is 0 Å². The van der Waals surface area contributed by atoms with Gasteiger partial charge in [0.25, 0.3) is 0 Å². The first-order chi connectivity index (χ1) is 16.8. The lowest BCUT2D eigenvalue weighted by molar-refractivity contribution is 0.0573. The maximum Gasteiger partial charge on any atom is 0.414 e. The minimum atomic E-state index is -0.497. The smallest absolute Gasteiger partial charge is 0.414 e. The number of aliphatic hydroxyl groups is 1. The van der Waals surface area contributed by atoms with Gasteiger partial charge >= 0.3 is 12.2 Å². The van der Waals surface area contributed by atoms with E-state index in [1.54, 1.807) is 21.9 Å². The first kappa shape index (κ1) is 27.2. The number of benzene rings is 2. The summed E-state index contributed by atoms with van der Waals surface area (Å²) in [7, 11) is 0. The van der Waals surface area contributed by atoms with Crippen LogP contribution in [0.2, 0.25) is 0 Å². The van der Waals surface area contributed by atoms with E-state index in [9.17, 15) is 14.4 Å². The van der Waals surface area contributed by atoms with Crippen LogP contribution in [-0.4, -0.2) is 47.9 Å². The van der Waals surface area contributed by atoms with Crippen molar-refractivity contribution in [1.82, 2.24) is 0 Å². The van der Waals surface area contributed by atoms with Gasteiger partial charge < -0.3 is 14.6 Å². The van der Waals surface area contributed by atoms with Crippen LogP contribution in [0, 0.1) is 0 Å². The highest BCUT2D eigenvalue weighted by Crippen LogP contribution is 2.31. The predicted octanol–water partition coefficient (Wildman–Crippen LogP) is 5.27. The SMILES string of the molecule is CC(C)(C)OC(=O)N1CCc2cc(C=O)ccc21.CC(C)(C)OC(=O)N1CCc2cc(CO)ccc21. The van der Waals surface area contributed by atoms with Gasteiger partial charge in [-0.2, -0.15) is 0 Å². The van der Waals surface area contributed by atoms with Gasteiger partial charge in [0.1, 0.15) is 17.5 Å². The molecule has 2 heterocycles. The largest absolute Gasteiger partial charge is 0.443 e. The van der Waals surface area contributed by atoms with Crippen LogP contribution in [0.15, 0.2) is 36.4 Å². The number of amides is 2. The molecule has 2 aliphatic heterocycles. The second kappa shape index (κ2) is 10.7. The van der Waals surface area contributed by atoms with Crippen LogP contribution >= 0.6 is 0 Å². The maximum absolute atomic E-state index is 12.0. The van der Waals surface area contributed by atoms with E-state index in [-0.39, 0.29) is 18.8 Å². The molecule has 0 atom stereocenters. The number of aliphatic hydroxyl groups excluding tert-OH is 1. The third-order valence-corrected chi connectivity index (χ3v) is 5.58. The monoisotopic (exact) mass is 496 g/mol. The van der Waals surface area contributed by atoms with Crippen molar-refractivity contribution in [1.29, 1.82) is 0 Å². The molecule has 0 bridgehead atoms. The third-order valence-electron chi connectivity index (χ3n) is 5.58. The van der Waals surface area contributed by atoms with Crippen molar-refractivity contribution in [3.63, 3.8) is 0 Å². The van der Waals surface area contributed by atoms with Crippen molar-refractivity contribution in [2.45, 2.75) is 72.2 Å². The number of hydrogen-bond donors (Lipinski definition) is 1. The third kappa shape index (κ3) is 6.85. The normalized spacial score (nSPS) is 14.4. The molecule has 8 nitrogen and oxygen atoms in total. The molecule has 8 heteroatoms. The molecule has 2 amide bonds. The Morgan fingerprint density at radius 3 is 1.75 bits per heavy atom. The van der Waals surface area contributed by atoms with Crippen molar-refractivity contribution in [3.8, 4) is 0 Å². The molecule has 0 fully saturated rings. The van der Waals surface area contributed by atoms with E-state index in [4.69, 9.17) is 14.6 Å². The summed E-state index contributed by atoms with van der Waals surface area (Å²) >= 11 is 0. The highest BCUT2D eigenvalue weighted by molar-refractivity contribution is 5.92. The van der Waals surface area contributed by atoms with E-state index in [2.05, 4.69) is 0 Å². The fourth-order valence-electron chi connectivity index (χ4n) is 4.06. The van der Waals surface area contributed by atoms with E-state index >= 15 is 0 Å². The van der Waals surface area contributed by atoms with Gasteiger partial charge in [-0.05, 0) is 95.3 Å². The zero-order valence-corrected chi connectivity index (χ0v) is 22.0. The van der Waals surface area contributed by atoms with Gasteiger partial charge in [-0.25, -0.2) is 9.59 Å². The van der Waals surface area contributed by atoms with E-state index in [1.165, 1.54) is 0 Å². The number of anilines is 2. The molecule has 4 rings (SSSR count). The summed E-state index contributed by atoms with van der Waals surface area (Å²) in [6, 6.07) is 11.0. The summed E-state index contributed by atoms with van der Waals surface area (Å²) in [5, 5.41) is 9.09. The van der Waals surface area contributed by atoms with Gasteiger partial charge in [0.05, 0.1) is 18.0 Å². The second-order valence-corrected chi connectivity index (χ2v) is 10.9. The number of carbonyl (C=O) groups excluding carboxylic acids is 3. The topological polar surface area (TPSA) is 96.4 Å². The van der Waals surface area contributed by atoms with Crippen molar-refractivity contribution in [3.05, 3.63) is 58.7 Å². The molecule has 0 aliphatic carbocycles. The second-order valence-electron chi connectivity index (χ2n) is 10.9. The number of hydrogen-bond acceptors (Lipinski definition) is 6. The zero-order chi connectivity index (χ0) is 26.7. The summed E-state index contributed by atoms with van der Waals surface area (Å²) in [5.41, 5.74) is 4.38. The highest BCUT2D eigenvalue weighted by atomic mass is 16.6. The molecule has 2 aromatic rings. The molecule has 36 heavy (non-hydrogen) atoms. The molecule has 2 aromatic carbocycles. The molecule has 1 N–H and O–H groups in total. The Morgan fingerprint density at radius 2 is 1.31 bits per heavy atom. The summed E-state index contributed by atoms with van der Waals surface area (Å²) < 4.78 is 10.7. The molecule has 2 aliphatic rings. The van der Waals surface area contributed by atoms with Crippen LogP contribution in [0.1, 0.15) is 68.6 Å². The Morgan fingerprint density at radius 1 is 0.833 bits per heavy atom. The number of nitrogens with zero attached hydrogens (tertiary/aromatic N) is 2. The van der Waals surface area contributed by atoms with E-state index in [1.807, 2.05) is 65.8 Å². The van der Waals surface area contributed by atoms with E-state index in [0.717, 1.165) is 47.2 Å². The molecule has 0 spiro atoms. The Bertz CT molecular complexity index is 1130. The quantitative estimate of drug-likeness (QED) is 0.569. The van der Waals surface area contributed by atoms with Gasteiger partial charge in [-0.15, -0.1) is 0 Å². The van der Waals surface area contributed by atoms with Gasteiger partial charge in [-0.3, -0.25) is 14.6 Å². The zero-order valence-electron chi connectivity index (χ0n) is 22.0. The van der Waals surface area contributed by atoms with Crippen LogP contribution in [0.3, 0.4) is 0 Å². The fourth-order valence-corrected chi connectivity index (χ4v) is 4.06. The first-order valence-corrected chi connectivity index (χ1v) is 12.1. The maximum atomic E-state index is 12.0. The lowest BCUT2D eigenvalue weighted by Gasteiger charge is -2.24. The number of fused-ring (bicyclic) bond motifs is 2. The number of aldehydes is 1. The highest BCUT2D eigenvalue weighted by Gasteiger charge is 2.30. The van der Waals surface area contributed by atoms with Crippen molar-refractivity contribution < 1.29 is 29.0 Å². The molecule has 0 aromatic heterocycles. The molecular formula is C28H36N2O6. The summed E-state index contributed by atoms with van der Waals surface area (Å²) in [6.07, 6.45) is 1.74. The van der Waals surface area contributed by atoms with Crippen molar-refractivity contribution in [2.24, 2.45) is 0 Å². The summed E-state index contributed by atoms with van der Waals surface area (Å²) in [5.74, 6) is 0. The van der Waals surface area contributed by atoms with Crippen LogP contribution in [0.4, 0.5) is 21.0 Å². The molecular weight excluding hydrogens is 460 g/mol. The number of rotatable bonds is 2. The summed E-state index contributed by atoms with van der Waals surface area (Å²) in [6.45, 7) is 12.4. The van der Waals surface area contributed by atoms with Gasteiger partial charge in [0.2, 0.25) is 0 Å². The minimum absolute atomic E-state index is 0.0275. The van der Waals surface area contributed by atoms with Crippen LogP contribution < -0.4 is 9.80 Å². The van der Waals surface area contributed by atoms with Crippen LogP contribution in [0.25, 0.3) is 0 Å². The average Bonchev–Trinajstić information content (AvgIpc) is 3.40. The van der Waals surface area contributed by atoms with Crippen LogP contribution in [-0.2, 0) is 28.9 Å². The van der Waals surface area contributed by atoms with Crippen molar-refractivity contribution in [2.75, 3.05) is 22.9 Å². The standard InChI is InChI=1S/C14H19NO3.C14H17NO3/c2*1-14(2,3)18-13(17)15-7-6-11-8-10(9-16)4-5-12(11)15/h4-5,8,16H,6-7,9H2,1-3H3;4-5,8-9H,6-7H2,1-3H3. The van der Waals surface area contributed by atoms with Crippen molar-refractivity contribution >= 4 is 29.8 Å². The lowest BCUT2D eigenvalue weighted by Crippen LogP contribution is -2.35. The Kier molecular flexibility index (Phi) is 8.09. The van der Waals surface area contributed by atoms with E-state index < -0.39 is 11.2 Å². The van der Waals surface area contributed by atoms with Gasteiger partial charge in [0, 0.05) is 18.7 Å². The molecule has 0 saturated carbocycles. The first-order valence-electron chi connectivity index (χ1n) is 12.1. The van der Waals surface area contributed by atoms with E-state index in [0.29, 0.717) is 18.7 Å². The minimum Gasteiger partial charge on any atom is -0.443 e.